The fraction of sp³-hybridized carbons (Fsp3) is 0.429. The highest BCUT2D eigenvalue weighted by atomic mass is 32.1. The Labute approximate surface area is 117 Å². The van der Waals surface area contributed by atoms with E-state index in [0.29, 0.717) is 6.61 Å². The first-order valence-electron chi connectivity index (χ1n) is 6.40. The van der Waals surface area contributed by atoms with Crippen molar-refractivity contribution in [2.75, 3.05) is 11.9 Å². The third kappa shape index (κ3) is 3.23. The van der Waals surface area contributed by atoms with Crippen molar-refractivity contribution in [3.63, 3.8) is 0 Å². The number of aryl methyl sites for hydroxylation is 2. The van der Waals surface area contributed by atoms with Crippen LogP contribution in [0.25, 0.3) is 0 Å². The summed E-state index contributed by atoms with van der Waals surface area (Å²) in [5.74, 6) is 1.57. The first-order valence-corrected chi connectivity index (χ1v) is 7.21. The summed E-state index contributed by atoms with van der Waals surface area (Å²) in [6.07, 6.45) is 1.77. The van der Waals surface area contributed by atoms with Gasteiger partial charge in [-0.1, -0.05) is 0 Å². The van der Waals surface area contributed by atoms with E-state index in [9.17, 15) is 0 Å². The summed E-state index contributed by atoms with van der Waals surface area (Å²) < 4.78 is 5.57. The third-order valence-corrected chi connectivity index (χ3v) is 4.01. The number of hydrogen-bond donors (Lipinski definition) is 1. The van der Waals surface area contributed by atoms with E-state index in [0.717, 1.165) is 22.3 Å². The van der Waals surface area contributed by atoms with Crippen molar-refractivity contribution in [1.29, 1.82) is 0 Å². The van der Waals surface area contributed by atoms with Gasteiger partial charge in [-0.25, -0.2) is 9.97 Å². The lowest BCUT2D eigenvalue weighted by molar-refractivity contribution is 0.340. The van der Waals surface area contributed by atoms with E-state index < -0.39 is 0 Å². The Morgan fingerprint density at radius 2 is 2.21 bits per heavy atom. The van der Waals surface area contributed by atoms with Gasteiger partial charge in [-0.2, -0.15) is 0 Å². The van der Waals surface area contributed by atoms with Gasteiger partial charge in [0.15, 0.2) is 11.6 Å². The van der Waals surface area contributed by atoms with E-state index in [-0.39, 0.29) is 6.04 Å². The normalized spacial score (nSPS) is 12.2. The molecule has 2 aromatic rings. The van der Waals surface area contributed by atoms with Crippen LogP contribution in [0.15, 0.2) is 18.3 Å². The number of nitrogens with zero attached hydrogens (tertiary/aromatic N) is 2. The average molecular weight is 277 g/mol. The first kappa shape index (κ1) is 13.8. The van der Waals surface area contributed by atoms with Crippen LogP contribution in [0, 0.1) is 13.8 Å². The van der Waals surface area contributed by atoms with Crippen LogP contribution >= 0.6 is 11.3 Å². The maximum atomic E-state index is 5.57. The summed E-state index contributed by atoms with van der Waals surface area (Å²) in [4.78, 5) is 10.0. The second kappa shape index (κ2) is 6.02. The Bertz CT molecular complexity index is 553. The molecule has 2 heterocycles. The standard InChI is InChI=1S/C14H19N3OS/c1-5-18-12-7-6-8-15-14(12)17-10(3)13-9(2)16-11(4)19-13/h6-8,10H,5H2,1-4H3,(H,15,17). The lowest BCUT2D eigenvalue weighted by atomic mass is 10.2. The number of rotatable bonds is 5. The molecule has 1 atom stereocenters. The van der Waals surface area contributed by atoms with Gasteiger partial charge in [-0.3, -0.25) is 0 Å². The van der Waals surface area contributed by atoms with E-state index in [2.05, 4.69) is 22.2 Å². The molecule has 0 bridgehead atoms. The molecule has 0 amide bonds. The first-order chi connectivity index (χ1) is 9.11. The van der Waals surface area contributed by atoms with Gasteiger partial charge in [0.1, 0.15) is 0 Å². The number of thiazole rings is 1. The van der Waals surface area contributed by atoms with Crippen LogP contribution in [0.3, 0.4) is 0 Å². The summed E-state index contributed by atoms with van der Waals surface area (Å²) in [6.45, 7) is 8.79. The smallest absolute Gasteiger partial charge is 0.169 e. The Balaban J connectivity index is 2.19. The average Bonchev–Trinajstić information content (AvgIpc) is 2.71. The van der Waals surface area contributed by atoms with Crippen LogP contribution in [0.4, 0.5) is 5.82 Å². The number of anilines is 1. The topological polar surface area (TPSA) is 47.0 Å². The van der Waals surface area contributed by atoms with Crippen LogP contribution in [-0.2, 0) is 0 Å². The summed E-state index contributed by atoms with van der Waals surface area (Å²) in [6, 6.07) is 3.97. The highest BCUT2D eigenvalue weighted by molar-refractivity contribution is 7.11. The maximum absolute atomic E-state index is 5.57. The van der Waals surface area contributed by atoms with Crippen LogP contribution in [-0.4, -0.2) is 16.6 Å². The Kier molecular flexibility index (Phi) is 4.37. The molecule has 2 aromatic heterocycles. The molecule has 1 unspecified atom stereocenters. The largest absolute Gasteiger partial charge is 0.490 e. The van der Waals surface area contributed by atoms with Crippen molar-refractivity contribution in [3.05, 3.63) is 33.9 Å². The second-order valence-corrected chi connectivity index (χ2v) is 5.57. The molecular weight excluding hydrogens is 258 g/mol. The van der Waals surface area contributed by atoms with Crippen LogP contribution in [0.2, 0.25) is 0 Å². The molecule has 0 fully saturated rings. The molecule has 102 valence electrons. The SMILES string of the molecule is CCOc1cccnc1NC(C)c1sc(C)nc1C. The van der Waals surface area contributed by atoms with Crippen LogP contribution in [0.5, 0.6) is 5.75 Å². The van der Waals surface area contributed by atoms with Gasteiger partial charge in [0.05, 0.1) is 23.4 Å². The van der Waals surface area contributed by atoms with E-state index in [1.165, 1.54) is 4.88 Å². The van der Waals surface area contributed by atoms with E-state index in [1.54, 1.807) is 17.5 Å². The summed E-state index contributed by atoms with van der Waals surface area (Å²) in [7, 11) is 0. The molecule has 0 aliphatic heterocycles. The van der Waals surface area contributed by atoms with Crippen molar-refractivity contribution in [3.8, 4) is 5.75 Å². The zero-order valence-electron chi connectivity index (χ0n) is 11.7. The monoisotopic (exact) mass is 277 g/mol. The van der Waals surface area contributed by atoms with E-state index in [4.69, 9.17) is 4.74 Å². The Morgan fingerprint density at radius 3 is 2.84 bits per heavy atom. The predicted molar refractivity (Wildman–Crippen MR) is 79.0 cm³/mol. The van der Waals surface area contributed by atoms with Gasteiger partial charge in [-0.05, 0) is 39.8 Å². The molecule has 2 rings (SSSR count). The maximum Gasteiger partial charge on any atom is 0.169 e. The van der Waals surface area contributed by atoms with Crippen molar-refractivity contribution < 1.29 is 4.74 Å². The molecule has 19 heavy (non-hydrogen) atoms. The number of aromatic nitrogens is 2. The highest BCUT2D eigenvalue weighted by Gasteiger charge is 2.15. The number of nitrogens with one attached hydrogen (secondary N) is 1. The molecule has 0 aliphatic rings. The minimum atomic E-state index is 0.167. The number of hydrogen-bond acceptors (Lipinski definition) is 5. The third-order valence-electron chi connectivity index (χ3n) is 2.76. The van der Waals surface area contributed by atoms with E-state index in [1.807, 2.05) is 32.9 Å². The Morgan fingerprint density at radius 1 is 1.42 bits per heavy atom. The molecule has 0 spiro atoms. The van der Waals surface area contributed by atoms with Gasteiger partial charge in [-0.15, -0.1) is 11.3 Å². The molecule has 0 aromatic carbocycles. The molecule has 1 N–H and O–H groups in total. The molecule has 0 aliphatic carbocycles. The fourth-order valence-electron chi connectivity index (χ4n) is 1.99. The van der Waals surface area contributed by atoms with Gasteiger partial charge >= 0.3 is 0 Å². The van der Waals surface area contributed by atoms with Crippen molar-refractivity contribution >= 4 is 17.2 Å². The quantitative estimate of drug-likeness (QED) is 0.904. The van der Waals surface area contributed by atoms with Crippen LogP contribution in [0.1, 0.15) is 35.5 Å². The molecule has 0 radical (unpaired) electrons. The second-order valence-electron chi connectivity index (χ2n) is 4.33. The zero-order valence-corrected chi connectivity index (χ0v) is 12.5. The minimum Gasteiger partial charge on any atom is -0.490 e. The molecule has 0 saturated heterocycles. The summed E-state index contributed by atoms with van der Waals surface area (Å²) in [5.41, 5.74) is 1.08. The van der Waals surface area contributed by atoms with Gasteiger partial charge in [0.2, 0.25) is 0 Å². The lowest BCUT2D eigenvalue weighted by Crippen LogP contribution is -2.09. The van der Waals surface area contributed by atoms with Gasteiger partial charge in [0, 0.05) is 11.1 Å². The van der Waals surface area contributed by atoms with Gasteiger partial charge < -0.3 is 10.1 Å². The number of pyridine rings is 1. The van der Waals surface area contributed by atoms with E-state index >= 15 is 0 Å². The lowest BCUT2D eigenvalue weighted by Gasteiger charge is -2.16. The van der Waals surface area contributed by atoms with Gasteiger partial charge in [0.25, 0.3) is 0 Å². The fourth-order valence-corrected chi connectivity index (χ4v) is 2.92. The van der Waals surface area contributed by atoms with Crippen LogP contribution < -0.4 is 10.1 Å². The molecular formula is C14H19N3OS. The highest BCUT2D eigenvalue weighted by Crippen LogP contribution is 2.30. The predicted octanol–water partition coefficient (Wildman–Crippen LogP) is 3.73. The Hall–Kier alpha value is -1.62. The zero-order chi connectivity index (χ0) is 13.8. The minimum absolute atomic E-state index is 0.167. The van der Waals surface area contributed by atoms with Crippen molar-refractivity contribution in [1.82, 2.24) is 9.97 Å². The summed E-state index contributed by atoms with van der Waals surface area (Å²) in [5, 5.41) is 4.49. The van der Waals surface area contributed by atoms with Crippen molar-refractivity contribution in [2.24, 2.45) is 0 Å². The van der Waals surface area contributed by atoms with Crippen molar-refractivity contribution in [2.45, 2.75) is 33.7 Å². The molecule has 4 nitrogen and oxygen atoms in total. The molecule has 0 saturated carbocycles. The number of ether oxygens (including phenoxy) is 1. The summed E-state index contributed by atoms with van der Waals surface area (Å²) >= 11 is 1.72. The molecule has 5 heteroatoms.